The summed E-state index contributed by atoms with van der Waals surface area (Å²) in [6.07, 6.45) is 6.59. The van der Waals surface area contributed by atoms with Crippen molar-refractivity contribution in [2.45, 2.75) is 37.8 Å². The fraction of sp³-hybridized carbons (Fsp3) is 0.500. The third kappa shape index (κ3) is 1.77. The Bertz CT molecular complexity index is 696. The minimum absolute atomic E-state index is 0.0612. The Morgan fingerprint density at radius 2 is 2.00 bits per heavy atom. The van der Waals surface area contributed by atoms with E-state index in [1.807, 2.05) is 6.07 Å². The minimum atomic E-state index is -0.0612. The molecule has 4 aliphatic rings. The molecule has 6 rings (SSSR count). The first-order chi connectivity index (χ1) is 10.3. The van der Waals surface area contributed by atoms with Crippen LogP contribution in [0.15, 0.2) is 29.3 Å². The molecule has 2 bridgehead atoms. The number of rotatable bonds is 1. The Morgan fingerprint density at radius 1 is 1.14 bits per heavy atom. The fourth-order valence-corrected chi connectivity index (χ4v) is 5.15. The first-order valence-electron chi connectivity index (χ1n) is 7.81. The van der Waals surface area contributed by atoms with Crippen LogP contribution in [0.4, 0.5) is 0 Å². The summed E-state index contributed by atoms with van der Waals surface area (Å²) in [5.41, 5.74) is 7.84. The van der Waals surface area contributed by atoms with Gasteiger partial charge in [0.1, 0.15) is 5.66 Å². The molecule has 1 atom stereocenters. The quantitative estimate of drug-likeness (QED) is 0.850. The zero-order valence-corrected chi connectivity index (χ0v) is 12.6. The molecule has 0 radical (unpaired) electrons. The smallest absolute Gasteiger partial charge is 0.174 e. The van der Waals surface area contributed by atoms with E-state index in [1.54, 1.807) is 11.3 Å². The maximum absolute atomic E-state index is 5.07. The molecule has 3 fully saturated rings. The number of nitrogens with one attached hydrogen (secondary N) is 2. The molecule has 4 nitrogen and oxygen atoms in total. The second-order valence-electron chi connectivity index (χ2n) is 6.54. The van der Waals surface area contributed by atoms with Crippen molar-refractivity contribution in [3.05, 3.63) is 29.3 Å². The van der Waals surface area contributed by atoms with Crippen LogP contribution in [0.25, 0.3) is 10.2 Å². The highest BCUT2D eigenvalue weighted by Crippen LogP contribution is 2.48. The zero-order chi connectivity index (χ0) is 13.9. The van der Waals surface area contributed by atoms with Crippen molar-refractivity contribution in [1.29, 1.82) is 0 Å². The number of benzene rings is 1. The molecule has 0 saturated heterocycles. The predicted octanol–water partition coefficient (Wildman–Crippen LogP) is 3.06. The third-order valence-corrected chi connectivity index (χ3v) is 6.37. The summed E-state index contributed by atoms with van der Waals surface area (Å²) in [5.74, 6) is 2.47. The number of thiazole rings is 1. The molecule has 3 aliphatic carbocycles. The summed E-state index contributed by atoms with van der Waals surface area (Å²) < 4.78 is 1.23. The van der Waals surface area contributed by atoms with Crippen LogP contribution in [-0.2, 0) is 0 Å². The van der Waals surface area contributed by atoms with Gasteiger partial charge in [-0.15, -0.1) is 11.3 Å². The van der Waals surface area contributed by atoms with Gasteiger partial charge in [-0.25, -0.2) is 15.4 Å². The molecule has 1 spiro atoms. The Labute approximate surface area is 127 Å². The number of aromatic nitrogens is 1. The van der Waals surface area contributed by atoms with Gasteiger partial charge in [0.15, 0.2) is 10.8 Å². The first-order valence-corrected chi connectivity index (χ1v) is 8.63. The van der Waals surface area contributed by atoms with Crippen molar-refractivity contribution < 1.29 is 0 Å². The maximum atomic E-state index is 5.07. The van der Waals surface area contributed by atoms with E-state index < -0.39 is 0 Å². The van der Waals surface area contributed by atoms with Gasteiger partial charge in [0.2, 0.25) is 0 Å². The van der Waals surface area contributed by atoms with Gasteiger partial charge in [0.05, 0.1) is 10.2 Å². The number of hydrogen-bond donors (Lipinski definition) is 2. The zero-order valence-electron chi connectivity index (χ0n) is 11.8. The lowest BCUT2D eigenvalue weighted by molar-refractivity contribution is 0.0506. The van der Waals surface area contributed by atoms with Crippen LogP contribution in [0.1, 0.15) is 37.1 Å². The van der Waals surface area contributed by atoms with Gasteiger partial charge in [-0.1, -0.05) is 12.1 Å². The van der Waals surface area contributed by atoms with Crippen molar-refractivity contribution in [3.63, 3.8) is 0 Å². The molecular weight excluding hydrogens is 280 g/mol. The van der Waals surface area contributed by atoms with Crippen molar-refractivity contribution in [3.8, 4) is 0 Å². The molecule has 108 valence electrons. The molecule has 0 unspecified atom stereocenters. The highest BCUT2D eigenvalue weighted by molar-refractivity contribution is 7.20. The van der Waals surface area contributed by atoms with Crippen molar-refractivity contribution in [2.24, 2.45) is 16.8 Å². The van der Waals surface area contributed by atoms with E-state index in [9.17, 15) is 0 Å². The van der Waals surface area contributed by atoms with Gasteiger partial charge < -0.3 is 5.43 Å². The number of amidine groups is 1. The van der Waals surface area contributed by atoms with Gasteiger partial charge >= 0.3 is 0 Å². The predicted molar refractivity (Wildman–Crippen MR) is 85.2 cm³/mol. The first kappa shape index (κ1) is 12.1. The normalized spacial score (nSPS) is 34.4. The molecule has 2 aromatic rings. The molecule has 3 saturated carbocycles. The van der Waals surface area contributed by atoms with Crippen LogP contribution in [0.3, 0.4) is 0 Å². The van der Waals surface area contributed by atoms with E-state index in [1.165, 1.54) is 36.8 Å². The summed E-state index contributed by atoms with van der Waals surface area (Å²) in [7, 11) is 0. The highest BCUT2D eigenvalue weighted by Gasteiger charge is 2.50. The molecule has 2 heterocycles. The summed E-state index contributed by atoms with van der Waals surface area (Å²) in [5, 5.41) is 1.00. The second-order valence-corrected chi connectivity index (χ2v) is 7.57. The van der Waals surface area contributed by atoms with Crippen LogP contribution in [-0.4, -0.2) is 16.5 Å². The van der Waals surface area contributed by atoms with Crippen molar-refractivity contribution >= 4 is 27.4 Å². The minimum Gasteiger partial charge on any atom is -0.301 e. The molecule has 1 aromatic heterocycles. The summed E-state index contributed by atoms with van der Waals surface area (Å²) >= 11 is 1.72. The van der Waals surface area contributed by atoms with Gasteiger partial charge in [-0.3, -0.25) is 0 Å². The van der Waals surface area contributed by atoms with Crippen LogP contribution in [0.2, 0.25) is 0 Å². The average Bonchev–Trinajstić information content (AvgIpc) is 3.13. The summed E-state index contributed by atoms with van der Waals surface area (Å²) in [4.78, 5) is 9.79. The SMILES string of the molecule is c1ccc2sc(C3=N[C@@]4(CC5CCC4CC5)NN3)nc2c1. The van der Waals surface area contributed by atoms with Gasteiger partial charge in [0.25, 0.3) is 0 Å². The fourth-order valence-electron chi connectivity index (χ4n) is 4.24. The Kier molecular flexibility index (Phi) is 2.47. The van der Waals surface area contributed by atoms with E-state index >= 15 is 0 Å². The van der Waals surface area contributed by atoms with Crippen molar-refractivity contribution in [2.75, 3.05) is 0 Å². The monoisotopic (exact) mass is 298 g/mol. The van der Waals surface area contributed by atoms with Crippen LogP contribution < -0.4 is 10.9 Å². The van der Waals surface area contributed by atoms with E-state index in [4.69, 9.17) is 9.98 Å². The lowest BCUT2D eigenvalue weighted by atomic mass is 9.65. The molecule has 1 aliphatic heterocycles. The molecule has 0 amide bonds. The Balaban J connectivity index is 1.54. The summed E-state index contributed by atoms with van der Waals surface area (Å²) in [6.45, 7) is 0. The van der Waals surface area contributed by atoms with Gasteiger partial charge in [-0.2, -0.15) is 0 Å². The second kappa shape index (κ2) is 4.27. The highest BCUT2D eigenvalue weighted by atomic mass is 32.1. The number of fused-ring (bicyclic) bond motifs is 3. The average molecular weight is 298 g/mol. The van der Waals surface area contributed by atoms with E-state index in [2.05, 4.69) is 29.1 Å². The van der Waals surface area contributed by atoms with Crippen molar-refractivity contribution in [1.82, 2.24) is 15.8 Å². The maximum Gasteiger partial charge on any atom is 0.174 e. The number of para-hydroxylation sites is 1. The number of hydrogen-bond acceptors (Lipinski definition) is 5. The standard InChI is InChI=1S/C16H18N4S/c1-2-4-13-12(3-1)17-15(21-13)14-18-16(20-19-14)9-10-5-7-11(16)8-6-10/h1-4,10-11,20H,5-9H2,(H,18,19)/t10?,11?,16-/m0/s1. The third-order valence-electron chi connectivity index (χ3n) is 5.33. The number of aliphatic imine (C=N–C) groups is 1. The molecule has 2 N–H and O–H groups in total. The lowest BCUT2D eigenvalue weighted by Crippen LogP contribution is -2.56. The van der Waals surface area contributed by atoms with E-state index in [0.717, 1.165) is 22.3 Å². The van der Waals surface area contributed by atoms with E-state index in [-0.39, 0.29) is 5.66 Å². The van der Waals surface area contributed by atoms with Gasteiger partial charge in [-0.05, 0) is 56.1 Å². The Hall–Kier alpha value is -1.46. The van der Waals surface area contributed by atoms with Crippen LogP contribution >= 0.6 is 11.3 Å². The largest absolute Gasteiger partial charge is 0.301 e. The van der Waals surface area contributed by atoms with Crippen LogP contribution in [0, 0.1) is 11.8 Å². The molecule has 1 aromatic carbocycles. The topological polar surface area (TPSA) is 49.3 Å². The van der Waals surface area contributed by atoms with Gasteiger partial charge in [0, 0.05) is 0 Å². The Morgan fingerprint density at radius 3 is 2.76 bits per heavy atom. The summed E-state index contributed by atoms with van der Waals surface area (Å²) in [6, 6.07) is 8.29. The lowest BCUT2D eigenvalue weighted by Gasteiger charge is -2.47. The molecule has 21 heavy (non-hydrogen) atoms. The molecule has 5 heteroatoms. The van der Waals surface area contributed by atoms with E-state index in [0.29, 0.717) is 5.92 Å². The number of nitrogens with zero attached hydrogens (tertiary/aromatic N) is 2. The molecular formula is C16H18N4S. The number of hydrazine groups is 1. The van der Waals surface area contributed by atoms with Crippen LogP contribution in [0.5, 0.6) is 0 Å².